The van der Waals surface area contributed by atoms with E-state index in [-0.39, 0.29) is 17.4 Å². The van der Waals surface area contributed by atoms with Crippen molar-refractivity contribution in [2.24, 2.45) is 0 Å². The highest BCUT2D eigenvalue weighted by atomic mass is 32.2. The van der Waals surface area contributed by atoms with Gasteiger partial charge in [0.25, 0.3) is 0 Å². The van der Waals surface area contributed by atoms with Gasteiger partial charge in [-0.2, -0.15) is 0 Å². The minimum atomic E-state index is -3.85. The summed E-state index contributed by atoms with van der Waals surface area (Å²) >= 11 is 0. The van der Waals surface area contributed by atoms with E-state index in [2.05, 4.69) is 9.71 Å². The predicted molar refractivity (Wildman–Crippen MR) is 124 cm³/mol. The summed E-state index contributed by atoms with van der Waals surface area (Å²) in [5, 5.41) is -0.904. The molecular formula is C23H28FN3O4S2. The Kier molecular flexibility index (Phi) is 5.73. The molecule has 10 heteroatoms. The number of fused-ring (bicyclic) bond motifs is 2. The van der Waals surface area contributed by atoms with Crippen LogP contribution in [-0.4, -0.2) is 57.6 Å². The summed E-state index contributed by atoms with van der Waals surface area (Å²) in [6, 6.07) is 10.8. The lowest BCUT2D eigenvalue weighted by atomic mass is 9.97. The molecule has 33 heavy (non-hydrogen) atoms. The first-order valence-electron chi connectivity index (χ1n) is 11.3. The average molecular weight is 494 g/mol. The van der Waals surface area contributed by atoms with E-state index in [0.717, 1.165) is 5.56 Å². The Balaban J connectivity index is 1.31. The number of nitrogens with zero attached hydrogens (tertiary/aromatic N) is 2. The zero-order valence-electron chi connectivity index (χ0n) is 18.4. The van der Waals surface area contributed by atoms with Crippen LogP contribution in [0.15, 0.2) is 47.5 Å². The summed E-state index contributed by atoms with van der Waals surface area (Å²) in [4.78, 5) is 6.27. The Labute approximate surface area is 194 Å². The van der Waals surface area contributed by atoms with Gasteiger partial charge >= 0.3 is 0 Å². The third-order valence-corrected chi connectivity index (χ3v) is 11.7. The molecule has 1 N–H and O–H groups in total. The highest BCUT2D eigenvalue weighted by molar-refractivity contribution is 7.93. The number of aryl methyl sites for hydroxylation is 1. The Morgan fingerprint density at radius 2 is 1.76 bits per heavy atom. The van der Waals surface area contributed by atoms with Crippen molar-refractivity contribution in [3.63, 3.8) is 0 Å². The summed E-state index contributed by atoms with van der Waals surface area (Å²) in [7, 11) is -6.97. The SMILES string of the molecule is Cc1cc(N2C[C@@H](F)[C@@H](c3ccccc3)C2)ncc1S(=O)(=O)NC1CC2CCC(C1)S2(=O)=O. The van der Waals surface area contributed by atoms with E-state index >= 15 is 0 Å². The normalized spacial score (nSPS) is 31.1. The zero-order chi connectivity index (χ0) is 23.4. The quantitative estimate of drug-likeness (QED) is 0.688. The van der Waals surface area contributed by atoms with Gasteiger partial charge in [0.1, 0.15) is 16.9 Å². The van der Waals surface area contributed by atoms with Crippen LogP contribution in [0.2, 0.25) is 0 Å². The molecule has 3 aliphatic heterocycles. The first kappa shape index (κ1) is 22.7. The number of hydrogen-bond acceptors (Lipinski definition) is 6. The number of aromatic nitrogens is 1. The lowest BCUT2D eigenvalue weighted by Crippen LogP contribution is -2.45. The van der Waals surface area contributed by atoms with Gasteiger partial charge in [0.2, 0.25) is 10.0 Å². The van der Waals surface area contributed by atoms with Crippen molar-refractivity contribution in [3.8, 4) is 0 Å². The zero-order valence-corrected chi connectivity index (χ0v) is 20.0. The molecule has 2 bridgehead atoms. The molecule has 3 saturated heterocycles. The lowest BCUT2D eigenvalue weighted by Gasteiger charge is -2.28. The summed E-state index contributed by atoms with van der Waals surface area (Å²) < 4.78 is 68.2. The molecule has 5 rings (SSSR count). The molecule has 0 saturated carbocycles. The van der Waals surface area contributed by atoms with E-state index in [4.69, 9.17) is 0 Å². The second-order valence-electron chi connectivity index (χ2n) is 9.45. The molecule has 1 aromatic carbocycles. The van der Waals surface area contributed by atoms with Gasteiger partial charge in [-0.25, -0.2) is 30.9 Å². The maximum atomic E-state index is 14.7. The fraction of sp³-hybridized carbons (Fsp3) is 0.522. The fourth-order valence-corrected chi connectivity index (χ4v) is 9.44. The van der Waals surface area contributed by atoms with Crippen LogP contribution in [0.1, 0.15) is 42.7 Å². The Morgan fingerprint density at radius 3 is 2.39 bits per heavy atom. The van der Waals surface area contributed by atoms with Gasteiger partial charge in [0.05, 0.1) is 17.0 Å². The van der Waals surface area contributed by atoms with Gasteiger partial charge in [-0.05, 0) is 49.8 Å². The topological polar surface area (TPSA) is 96.4 Å². The molecule has 0 aliphatic carbocycles. The molecule has 7 nitrogen and oxygen atoms in total. The van der Waals surface area contributed by atoms with Crippen molar-refractivity contribution < 1.29 is 21.2 Å². The molecule has 4 heterocycles. The standard InChI is InChI=1S/C23H28FN3O4S2/c1-15-9-23(27-13-20(21(24)14-27)16-5-3-2-4-6-16)25-12-22(15)33(30,31)26-17-10-18-7-8-19(11-17)32(18,28)29/h2-6,9,12,17-21,26H,7-8,10-11,13-14H2,1H3/t17?,18?,19?,20-,21-/m1/s1. The minimum absolute atomic E-state index is 0.0719. The molecule has 1 aromatic heterocycles. The van der Waals surface area contributed by atoms with Crippen LogP contribution in [0.25, 0.3) is 0 Å². The number of rotatable bonds is 5. The van der Waals surface area contributed by atoms with Gasteiger partial charge in [-0.3, -0.25) is 0 Å². The first-order valence-corrected chi connectivity index (χ1v) is 14.4. The van der Waals surface area contributed by atoms with Crippen molar-refractivity contribution in [1.82, 2.24) is 9.71 Å². The van der Waals surface area contributed by atoms with Gasteiger partial charge in [-0.15, -0.1) is 0 Å². The van der Waals surface area contributed by atoms with Crippen LogP contribution >= 0.6 is 0 Å². The van der Waals surface area contributed by atoms with Crippen LogP contribution in [0.4, 0.5) is 10.2 Å². The highest BCUT2D eigenvalue weighted by Crippen LogP contribution is 2.39. The highest BCUT2D eigenvalue weighted by Gasteiger charge is 2.47. The smallest absolute Gasteiger partial charge is 0.242 e. The summed E-state index contributed by atoms with van der Waals surface area (Å²) in [6.45, 7) is 2.38. The number of anilines is 1. The van der Waals surface area contributed by atoms with E-state index in [9.17, 15) is 21.2 Å². The first-order chi connectivity index (χ1) is 15.6. The van der Waals surface area contributed by atoms with Crippen LogP contribution in [-0.2, 0) is 19.9 Å². The number of alkyl halides is 1. The van der Waals surface area contributed by atoms with Crippen molar-refractivity contribution in [2.45, 2.75) is 66.1 Å². The molecule has 0 radical (unpaired) electrons. The van der Waals surface area contributed by atoms with E-state index in [1.165, 1.54) is 6.20 Å². The third-order valence-electron chi connectivity index (χ3n) is 7.29. The Bertz CT molecular complexity index is 1230. The number of halogens is 1. The largest absolute Gasteiger partial charge is 0.353 e. The Hall–Kier alpha value is -2.04. The maximum absolute atomic E-state index is 14.7. The van der Waals surface area contributed by atoms with Crippen LogP contribution < -0.4 is 9.62 Å². The lowest BCUT2D eigenvalue weighted by molar-refractivity contribution is 0.333. The number of hydrogen-bond donors (Lipinski definition) is 1. The molecule has 2 aromatic rings. The second-order valence-corrected chi connectivity index (χ2v) is 13.6. The molecule has 0 amide bonds. The Morgan fingerprint density at radius 1 is 1.09 bits per heavy atom. The number of benzene rings is 1. The van der Waals surface area contributed by atoms with Crippen LogP contribution in [0.5, 0.6) is 0 Å². The monoisotopic (exact) mass is 493 g/mol. The van der Waals surface area contributed by atoms with E-state index in [1.54, 1.807) is 13.0 Å². The molecule has 2 unspecified atom stereocenters. The number of sulfone groups is 1. The number of pyridine rings is 1. The fourth-order valence-electron chi connectivity index (χ4n) is 5.53. The minimum Gasteiger partial charge on any atom is -0.353 e. The van der Waals surface area contributed by atoms with E-state index in [0.29, 0.717) is 43.6 Å². The van der Waals surface area contributed by atoms with Gasteiger partial charge in [0.15, 0.2) is 9.84 Å². The van der Waals surface area contributed by atoms with Crippen molar-refractivity contribution in [2.75, 3.05) is 18.0 Å². The van der Waals surface area contributed by atoms with Crippen molar-refractivity contribution in [1.29, 1.82) is 0 Å². The third kappa shape index (κ3) is 4.17. The molecule has 3 fully saturated rings. The number of sulfonamides is 1. The average Bonchev–Trinajstić information content (AvgIpc) is 3.18. The van der Waals surface area contributed by atoms with Crippen LogP contribution in [0.3, 0.4) is 0 Å². The van der Waals surface area contributed by atoms with E-state index in [1.807, 2.05) is 35.2 Å². The number of nitrogens with one attached hydrogen (secondary N) is 1. The van der Waals surface area contributed by atoms with Crippen molar-refractivity contribution in [3.05, 3.63) is 53.7 Å². The molecular weight excluding hydrogens is 465 g/mol. The van der Waals surface area contributed by atoms with Crippen molar-refractivity contribution >= 4 is 25.7 Å². The summed E-state index contributed by atoms with van der Waals surface area (Å²) in [5.41, 5.74) is 1.47. The molecule has 178 valence electrons. The molecule has 0 spiro atoms. The predicted octanol–water partition coefficient (Wildman–Crippen LogP) is 2.72. The summed E-state index contributed by atoms with van der Waals surface area (Å²) in [5.74, 6) is 0.297. The van der Waals surface area contributed by atoms with E-state index < -0.39 is 42.6 Å². The second kappa shape index (κ2) is 8.32. The molecule has 3 aliphatic rings. The van der Waals surface area contributed by atoms with Gasteiger partial charge in [-0.1, -0.05) is 30.3 Å². The summed E-state index contributed by atoms with van der Waals surface area (Å²) in [6.07, 6.45) is 2.14. The maximum Gasteiger partial charge on any atom is 0.242 e. The van der Waals surface area contributed by atoms with Gasteiger partial charge in [0, 0.05) is 24.7 Å². The molecule has 4 atom stereocenters. The van der Waals surface area contributed by atoms with Crippen LogP contribution in [0, 0.1) is 6.92 Å². The van der Waals surface area contributed by atoms with Gasteiger partial charge < -0.3 is 4.90 Å².